The maximum absolute atomic E-state index is 15.4. The highest BCUT2D eigenvalue weighted by Gasteiger charge is 2.73. The summed E-state index contributed by atoms with van der Waals surface area (Å²) in [6.07, 6.45) is -5.47. The van der Waals surface area contributed by atoms with Gasteiger partial charge in [-0.25, -0.2) is 4.68 Å². The zero-order valence-corrected chi connectivity index (χ0v) is 21.0. The lowest BCUT2D eigenvalue weighted by Gasteiger charge is -2.35. The summed E-state index contributed by atoms with van der Waals surface area (Å²) in [7, 11) is 0. The van der Waals surface area contributed by atoms with Gasteiger partial charge in [-0.3, -0.25) is 24.4 Å². The molecule has 0 bridgehead atoms. The van der Waals surface area contributed by atoms with Crippen LogP contribution in [0.4, 0.5) is 18.9 Å². The number of benzene rings is 2. The maximum atomic E-state index is 15.4. The molecule has 0 radical (unpaired) electrons. The molecule has 3 aromatic rings. The van der Waals surface area contributed by atoms with Crippen molar-refractivity contribution < 1.29 is 22.8 Å². The minimum absolute atomic E-state index is 0.0283. The molecule has 1 N–H and O–H groups in total. The second-order valence-electron chi connectivity index (χ2n) is 10.2. The lowest BCUT2D eigenvalue weighted by Crippen LogP contribution is -2.55. The molecule has 2 heterocycles. The summed E-state index contributed by atoms with van der Waals surface area (Å²) in [6.45, 7) is 4.82. The summed E-state index contributed by atoms with van der Waals surface area (Å²) < 4.78 is 47.2. The Morgan fingerprint density at radius 1 is 0.946 bits per heavy atom. The van der Waals surface area contributed by atoms with Crippen LogP contribution in [-0.2, 0) is 15.0 Å². The topological polar surface area (TPSA) is 75.2 Å². The van der Waals surface area contributed by atoms with E-state index in [4.69, 9.17) is 11.6 Å². The zero-order chi connectivity index (χ0) is 26.9. The molecule has 1 amide bonds. The molecule has 0 unspecified atom stereocenters. The van der Waals surface area contributed by atoms with Crippen LogP contribution in [0.3, 0.4) is 0 Å². The first-order chi connectivity index (χ1) is 17.3. The second-order valence-corrected chi connectivity index (χ2v) is 10.7. The average Bonchev–Trinajstić information content (AvgIpc) is 3.23. The monoisotopic (exact) mass is 529 g/mol. The number of hydrogen-bond acceptors (Lipinski definition) is 3. The highest BCUT2D eigenvalue weighted by atomic mass is 35.5. The third-order valence-corrected chi connectivity index (χ3v) is 7.21. The normalized spacial score (nSPS) is 21.5. The largest absolute Gasteiger partial charge is 0.411 e. The number of halogens is 4. The molecule has 5 rings (SSSR count). The molecule has 0 saturated heterocycles. The van der Waals surface area contributed by atoms with E-state index in [0.717, 1.165) is 9.58 Å². The molecule has 1 aliphatic heterocycles. The number of anilines is 1. The van der Waals surface area contributed by atoms with Crippen LogP contribution in [0.15, 0.2) is 70.7 Å². The number of amides is 1. The summed E-state index contributed by atoms with van der Waals surface area (Å²) >= 11 is 6.13. The predicted octanol–water partition coefficient (Wildman–Crippen LogP) is 5.62. The first-order valence-electron chi connectivity index (χ1n) is 11.6. The van der Waals surface area contributed by atoms with E-state index < -0.39 is 45.4 Å². The number of aromatic nitrogens is 2. The number of aromatic amines is 1. The van der Waals surface area contributed by atoms with Crippen molar-refractivity contribution in [1.29, 1.82) is 0 Å². The van der Waals surface area contributed by atoms with Gasteiger partial charge >= 0.3 is 6.18 Å². The highest BCUT2D eigenvalue weighted by molar-refractivity contribution is 6.31. The van der Waals surface area contributed by atoms with Crippen molar-refractivity contribution in [2.45, 2.75) is 45.2 Å². The second kappa shape index (κ2) is 8.21. The SMILES string of the molecule is Cc1[nH]n(-c2ccccc2)c(=O)c1[C@]1(C(F)(F)F)C(=O)N(c2cccc(Cl)c2)C2=C1C(=O)CC(C)(C)C2. The minimum atomic E-state index is -5.30. The van der Waals surface area contributed by atoms with Crippen molar-refractivity contribution in [2.24, 2.45) is 5.41 Å². The van der Waals surface area contributed by atoms with Crippen molar-refractivity contribution in [3.63, 3.8) is 0 Å². The Balaban J connectivity index is 1.88. The molecule has 10 heteroatoms. The van der Waals surface area contributed by atoms with Gasteiger partial charge in [0.25, 0.3) is 11.5 Å². The third kappa shape index (κ3) is 3.59. The Morgan fingerprint density at radius 3 is 2.22 bits per heavy atom. The first-order valence-corrected chi connectivity index (χ1v) is 12.0. The number of H-pyrrole nitrogens is 1. The molecule has 0 spiro atoms. The summed E-state index contributed by atoms with van der Waals surface area (Å²) in [5.41, 5.74) is -6.55. The number of carbonyl (C=O) groups excluding carboxylic acids is 2. The number of nitrogens with one attached hydrogen (secondary N) is 1. The van der Waals surface area contributed by atoms with Gasteiger partial charge in [0.15, 0.2) is 5.78 Å². The van der Waals surface area contributed by atoms with Gasteiger partial charge in [-0.15, -0.1) is 0 Å². The van der Waals surface area contributed by atoms with Gasteiger partial charge < -0.3 is 0 Å². The van der Waals surface area contributed by atoms with Crippen LogP contribution in [0.2, 0.25) is 5.02 Å². The predicted molar refractivity (Wildman–Crippen MR) is 133 cm³/mol. The van der Waals surface area contributed by atoms with Crippen LogP contribution in [-0.4, -0.2) is 27.6 Å². The molecule has 6 nitrogen and oxygen atoms in total. The number of hydrogen-bond donors (Lipinski definition) is 1. The number of para-hydroxylation sites is 1. The van der Waals surface area contributed by atoms with E-state index in [0.29, 0.717) is 5.69 Å². The summed E-state index contributed by atoms with van der Waals surface area (Å²) in [5.74, 6) is -2.23. The summed E-state index contributed by atoms with van der Waals surface area (Å²) in [5, 5.41) is 2.90. The Hall–Kier alpha value is -3.59. The Labute approximate surface area is 215 Å². The van der Waals surface area contributed by atoms with Gasteiger partial charge in [-0.2, -0.15) is 13.2 Å². The van der Waals surface area contributed by atoms with E-state index in [1.807, 2.05) is 0 Å². The number of carbonyl (C=O) groups is 2. The zero-order valence-electron chi connectivity index (χ0n) is 20.2. The van der Waals surface area contributed by atoms with Gasteiger partial charge in [0.2, 0.25) is 5.41 Å². The molecule has 192 valence electrons. The minimum Gasteiger partial charge on any atom is -0.295 e. The molecular weight excluding hydrogens is 507 g/mol. The lowest BCUT2D eigenvalue weighted by atomic mass is 9.66. The Morgan fingerprint density at radius 2 is 1.59 bits per heavy atom. The van der Waals surface area contributed by atoms with Gasteiger partial charge in [0, 0.05) is 28.4 Å². The van der Waals surface area contributed by atoms with Crippen LogP contribution < -0.4 is 10.5 Å². The number of Topliss-reactive ketones (excluding diaryl/α,β-unsaturated/α-hetero) is 1. The fraction of sp³-hybridized carbons (Fsp3) is 0.296. The van der Waals surface area contributed by atoms with E-state index in [1.54, 1.807) is 44.2 Å². The van der Waals surface area contributed by atoms with Gasteiger partial charge in [0.1, 0.15) is 0 Å². The smallest absolute Gasteiger partial charge is 0.295 e. The fourth-order valence-corrected chi connectivity index (χ4v) is 5.76. The molecule has 37 heavy (non-hydrogen) atoms. The molecule has 1 atom stereocenters. The first kappa shape index (κ1) is 25.1. The molecule has 0 saturated carbocycles. The fourth-order valence-electron chi connectivity index (χ4n) is 5.57. The molecule has 2 aromatic carbocycles. The average molecular weight is 530 g/mol. The van der Waals surface area contributed by atoms with Crippen LogP contribution in [0.1, 0.15) is 37.9 Å². The summed E-state index contributed by atoms with van der Waals surface area (Å²) in [6, 6.07) is 13.9. The molecule has 2 aliphatic rings. The number of nitrogens with zero attached hydrogens (tertiary/aromatic N) is 2. The van der Waals surface area contributed by atoms with Gasteiger partial charge in [-0.05, 0) is 49.1 Å². The summed E-state index contributed by atoms with van der Waals surface area (Å²) in [4.78, 5) is 42.3. The van der Waals surface area contributed by atoms with Gasteiger partial charge in [-0.1, -0.05) is 49.7 Å². The van der Waals surface area contributed by atoms with Crippen molar-refractivity contribution in [2.75, 3.05) is 4.90 Å². The number of alkyl halides is 3. The van der Waals surface area contributed by atoms with Crippen LogP contribution in [0, 0.1) is 12.3 Å². The van der Waals surface area contributed by atoms with Crippen LogP contribution in [0.5, 0.6) is 0 Å². The van der Waals surface area contributed by atoms with E-state index in [-0.39, 0.29) is 34.9 Å². The quantitative estimate of drug-likeness (QED) is 0.479. The van der Waals surface area contributed by atoms with E-state index in [1.165, 1.54) is 31.2 Å². The number of allylic oxidation sites excluding steroid dienone is 1. The standard InChI is InChI=1S/C27H23ClF3N3O3/c1-15-21(23(36)34(32-15)17-9-5-4-6-10-17)26(27(29,30)31)22-19(13-25(2,3)14-20(22)35)33(24(26)37)18-11-7-8-16(28)12-18/h4-12,32H,13-14H2,1-3H3/t26-/m1/s1. The molecule has 0 fully saturated rings. The number of rotatable bonds is 3. The highest BCUT2D eigenvalue weighted by Crippen LogP contribution is 2.58. The van der Waals surface area contributed by atoms with Crippen molar-refractivity contribution in [3.8, 4) is 5.69 Å². The van der Waals surface area contributed by atoms with Crippen LogP contribution in [0.25, 0.3) is 5.69 Å². The number of ketones is 1. The van der Waals surface area contributed by atoms with Crippen molar-refractivity contribution >= 4 is 29.0 Å². The van der Waals surface area contributed by atoms with E-state index in [2.05, 4.69) is 5.10 Å². The van der Waals surface area contributed by atoms with Gasteiger partial charge in [0.05, 0.1) is 16.9 Å². The van der Waals surface area contributed by atoms with E-state index in [9.17, 15) is 14.4 Å². The van der Waals surface area contributed by atoms with Crippen molar-refractivity contribution in [3.05, 3.63) is 92.5 Å². The van der Waals surface area contributed by atoms with E-state index >= 15 is 13.2 Å². The third-order valence-electron chi connectivity index (χ3n) is 6.97. The molecular formula is C27H23ClF3N3O3. The Bertz CT molecular complexity index is 1540. The Kier molecular flexibility index (Phi) is 5.56. The lowest BCUT2D eigenvalue weighted by molar-refractivity contribution is -0.184. The molecule has 1 aliphatic carbocycles. The molecule has 1 aromatic heterocycles. The van der Waals surface area contributed by atoms with Crippen LogP contribution >= 0.6 is 11.6 Å². The number of aryl methyl sites for hydroxylation is 1. The maximum Gasteiger partial charge on any atom is 0.411 e. The van der Waals surface area contributed by atoms with Crippen molar-refractivity contribution in [1.82, 2.24) is 9.78 Å².